The number of nitrogens with zero attached hydrogens (tertiary/aromatic N) is 1. The van der Waals surface area contributed by atoms with Crippen LogP contribution < -0.4 is 5.32 Å². The molecule has 0 radical (unpaired) electrons. The highest BCUT2D eigenvalue weighted by Gasteiger charge is 2.33. The van der Waals surface area contributed by atoms with Crippen LogP contribution in [0, 0.1) is 11.8 Å². The molecule has 2 atom stereocenters. The number of amides is 1. The normalized spacial score (nSPS) is 22.8. The SMILES string of the molecule is CCN(CC)CCCNC(=O)[C@H]1CCCC[C@H]1C(C)=O. The molecule has 1 saturated carbocycles. The summed E-state index contributed by atoms with van der Waals surface area (Å²) in [6.45, 7) is 9.78. The molecule has 0 unspecified atom stereocenters. The minimum Gasteiger partial charge on any atom is -0.356 e. The standard InChI is InChI=1S/C16H30N2O2/c1-4-18(5-2)12-8-11-17-16(20)15-10-7-6-9-14(15)13(3)19/h14-15H,4-12H2,1-3H3,(H,17,20)/t14-,15-/m0/s1. The molecule has 116 valence electrons. The Hall–Kier alpha value is -0.900. The van der Waals surface area contributed by atoms with E-state index in [0.717, 1.165) is 58.3 Å². The summed E-state index contributed by atoms with van der Waals surface area (Å²) in [5.41, 5.74) is 0. The number of Topliss-reactive ketones (excluding diaryl/α,β-unsaturated/α-hetero) is 1. The smallest absolute Gasteiger partial charge is 0.223 e. The highest BCUT2D eigenvalue weighted by molar-refractivity contribution is 5.87. The van der Waals surface area contributed by atoms with Gasteiger partial charge in [0.15, 0.2) is 0 Å². The van der Waals surface area contributed by atoms with Gasteiger partial charge in [-0.2, -0.15) is 0 Å². The van der Waals surface area contributed by atoms with Crippen molar-refractivity contribution < 1.29 is 9.59 Å². The molecule has 1 amide bonds. The first-order valence-electron chi connectivity index (χ1n) is 8.10. The number of hydrogen-bond donors (Lipinski definition) is 1. The van der Waals surface area contributed by atoms with E-state index >= 15 is 0 Å². The van der Waals surface area contributed by atoms with Crippen LogP contribution in [0.5, 0.6) is 0 Å². The lowest BCUT2D eigenvalue weighted by Gasteiger charge is -2.28. The highest BCUT2D eigenvalue weighted by atomic mass is 16.2. The molecule has 0 aromatic carbocycles. The predicted octanol–water partition coefficient (Wildman–Crippen LogP) is 2.23. The molecule has 0 aliphatic heterocycles. The van der Waals surface area contributed by atoms with E-state index in [1.807, 2.05) is 0 Å². The Kier molecular flexibility index (Phi) is 7.82. The van der Waals surface area contributed by atoms with Crippen molar-refractivity contribution in [3.63, 3.8) is 0 Å². The zero-order valence-electron chi connectivity index (χ0n) is 13.3. The van der Waals surface area contributed by atoms with Gasteiger partial charge in [0.1, 0.15) is 5.78 Å². The second-order valence-electron chi connectivity index (χ2n) is 5.78. The summed E-state index contributed by atoms with van der Waals surface area (Å²) in [6.07, 6.45) is 4.88. The molecule has 1 N–H and O–H groups in total. The Morgan fingerprint density at radius 3 is 2.25 bits per heavy atom. The maximum Gasteiger partial charge on any atom is 0.223 e. The summed E-state index contributed by atoms with van der Waals surface area (Å²) >= 11 is 0. The molecular formula is C16H30N2O2. The van der Waals surface area contributed by atoms with Gasteiger partial charge < -0.3 is 10.2 Å². The fraction of sp³-hybridized carbons (Fsp3) is 0.875. The number of nitrogens with one attached hydrogen (secondary N) is 1. The monoisotopic (exact) mass is 282 g/mol. The number of carbonyl (C=O) groups excluding carboxylic acids is 2. The zero-order chi connectivity index (χ0) is 15.0. The van der Waals surface area contributed by atoms with Crippen molar-refractivity contribution >= 4 is 11.7 Å². The summed E-state index contributed by atoms with van der Waals surface area (Å²) in [5.74, 6) is 0.124. The molecular weight excluding hydrogens is 252 g/mol. The van der Waals surface area contributed by atoms with Crippen LogP contribution in [0.25, 0.3) is 0 Å². The molecule has 0 aromatic heterocycles. The summed E-state index contributed by atoms with van der Waals surface area (Å²) in [7, 11) is 0. The van der Waals surface area contributed by atoms with Crippen LogP contribution in [0.2, 0.25) is 0 Å². The lowest BCUT2D eigenvalue weighted by Crippen LogP contribution is -2.40. The quantitative estimate of drug-likeness (QED) is 0.695. The summed E-state index contributed by atoms with van der Waals surface area (Å²) in [5, 5.41) is 3.02. The van der Waals surface area contributed by atoms with Crippen LogP contribution in [0.1, 0.15) is 52.9 Å². The largest absolute Gasteiger partial charge is 0.356 e. The Morgan fingerprint density at radius 2 is 1.70 bits per heavy atom. The van der Waals surface area contributed by atoms with Gasteiger partial charge in [-0.25, -0.2) is 0 Å². The lowest BCUT2D eigenvalue weighted by molar-refractivity contribution is -0.134. The van der Waals surface area contributed by atoms with Gasteiger partial charge in [0, 0.05) is 18.4 Å². The Morgan fingerprint density at radius 1 is 1.10 bits per heavy atom. The highest BCUT2D eigenvalue weighted by Crippen LogP contribution is 2.30. The second kappa shape index (κ2) is 9.11. The summed E-state index contributed by atoms with van der Waals surface area (Å²) < 4.78 is 0. The van der Waals surface area contributed by atoms with Gasteiger partial charge in [0.05, 0.1) is 0 Å². The molecule has 1 aliphatic carbocycles. The van der Waals surface area contributed by atoms with Gasteiger partial charge in [0.2, 0.25) is 5.91 Å². The first-order chi connectivity index (χ1) is 9.60. The van der Waals surface area contributed by atoms with Crippen molar-refractivity contribution in [2.75, 3.05) is 26.2 Å². The van der Waals surface area contributed by atoms with E-state index in [-0.39, 0.29) is 23.5 Å². The van der Waals surface area contributed by atoms with Crippen molar-refractivity contribution in [3.05, 3.63) is 0 Å². The van der Waals surface area contributed by atoms with Crippen LogP contribution >= 0.6 is 0 Å². The first kappa shape index (κ1) is 17.2. The predicted molar refractivity (Wildman–Crippen MR) is 81.5 cm³/mol. The third-order valence-corrected chi connectivity index (χ3v) is 4.47. The van der Waals surface area contributed by atoms with E-state index in [1.54, 1.807) is 6.92 Å². The third-order valence-electron chi connectivity index (χ3n) is 4.47. The van der Waals surface area contributed by atoms with Gasteiger partial charge in [0.25, 0.3) is 0 Å². The topological polar surface area (TPSA) is 49.4 Å². The molecule has 1 rings (SSSR count). The minimum atomic E-state index is -0.0882. The third kappa shape index (κ3) is 5.23. The van der Waals surface area contributed by atoms with Gasteiger partial charge in [-0.1, -0.05) is 26.7 Å². The van der Waals surface area contributed by atoms with E-state index in [1.165, 1.54) is 0 Å². The molecule has 4 nitrogen and oxygen atoms in total. The number of ketones is 1. The molecule has 1 aliphatic rings. The second-order valence-corrected chi connectivity index (χ2v) is 5.78. The van der Waals surface area contributed by atoms with Crippen LogP contribution in [-0.2, 0) is 9.59 Å². The van der Waals surface area contributed by atoms with E-state index in [4.69, 9.17) is 0 Å². The molecule has 4 heteroatoms. The van der Waals surface area contributed by atoms with Gasteiger partial charge in [-0.3, -0.25) is 9.59 Å². The molecule has 0 heterocycles. The molecule has 1 fully saturated rings. The van der Waals surface area contributed by atoms with Gasteiger partial charge in [-0.05, 0) is 45.8 Å². The van der Waals surface area contributed by atoms with E-state index in [9.17, 15) is 9.59 Å². The molecule has 0 bridgehead atoms. The zero-order valence-corrected chi connectivity index (χ0v) is 13.3. The van der Waals surface area contributed by atoms with Crippen LogP contribution in [0.15, 0.2) is 0 Å². The van der Waals surface area contributed by atoms with Gasteiger partial charge >= 0.3 is 0 Å². The number of carbonyl (C=O) groups is 2. The fourth-order valence-corrected chi connectivity index (χ4v) is 3.12. The molecule has 20 heavy (non-hydrogen) atoms. The van der Waals surface area contributed by atoms with Crippen molar-refractivity contribution in [2.45, 2.75) is 52.9 Å². The van der Waals surface area contributed by atoms with E-state index in [0.29, 0.717) is 0 Å². The average molecular weight is 282 g/mol. The van der Waals surface area contributed by atoms with Crippen molar-refractivity contribution in [2.24, 2.45) is 11.8 Å². The maximum atomic E-state index is 12.2. The van der Waals surface area contributed by atoms with Crippen LogP contribution in [0.4, 0.5) is 0 Å². The molecule has 0 spiro atoms. The van der Waals surface area contributed by atoms with Crippen molar-refractivity contribution in [3.8, 4) is 0 Å². The van der Waals surface area contributed by atoms with Crippen LogP contribution in [-0.4, -0.2) is 42.8 Å². The number of hydrogen-bond acceptors (Lipinski definition) is 3. The lowest BCUT2D eigenvalue weighted by atomic mass is 9.77. The average Bonchev–Trinajstić information content (AvgIpc) is 2.47. The Balaban J connectivity index is 2.32. The molecule has 0 aromatic rings. The molecule has 0 saturated heterocycles. The minimum absolute atomic E-state index is 0.0495. The van der Waals surface area contributed by atoms with E-state index < -0.39 is 0 Å². The Labute approximate surface area is 123 Å². The summed E-state index contributed by atoms with van der Waals surface area (Å²) in [4.78, 5) is 26.2. The van der Waals surface area contributed by atoms with Gasteiger partial charge in [-0.15, -0.1) is 0 Å². The summed E-state index contributed by atoms with van der Waals surface area (Å²) in [6, 6.07) is 0. The van der Waals surface area contributed by atoms with Crippen molar-refractivity contribution in [1.82, 2.24) is 10.2 Å². The Bertz CT molecular complexity index is 314. The van der Waals surface area contributed by atoms with E-state index in [2.05, 4.69) is 24.1 Å². The first-order valence-corrected chi connectivity index (χ1v) is 8.10. The van der Waals surface area contributed by atoms with Crippen LogP contribution in [0.3, 0.4) is 0 Å². The number of rotatable bonds is 8. The maximum absolute atomic E-state index is 12.2. The van der Waals surface area contributed by atoms with Crippen molar-refractivity contribution in [1.29, 1.82) is 0 Å². The fourth-order valence-electron chi connectivity index (χ4n) is 3.12.